The Hall–Kier alpha value is -1.55. The Morgan fingerprint density at radius 2 is 1.75 bits per heavy atom. The van der Waals surface area contributed by atoms with Gasteiger partial charge >= 0.3 is 0 Å². The normalized spacial score (nSPS) is 20.8. The molecule has 0 radical (unpaired) electrons. The van der Waals surface area contributed by atoms with E-state index in [4.69, 9.17) is 10.5 Å². The Kier molecular flexibility index (Phi) is 3.54. The largest absolute Gasteiger partial charge is 0.398 e. The summed E-state index contributed by atoms with van der Waals surface area (Å²) >= 11 is 0. The van der Waals surface area contributed by atoms with Crippen molar-refractivity contribution in [3.63, 3.8) is 0 Å². The third-order valence-corrected chi connectivity index (χ3v) is 3.48. The fraction of sp³-hybridized carbons (Fsp3) is 0.562. The van der Waals surface area contributed by atoms with Crippen LogP contribution in [-0.4, -0.2) is 30.1 Å². The van der Waals surface area contributed by atoms with Gasteiger partial charge in [-0.1, -0.05) is 0 Å². The number of carbonyl (C=O) groups excluding carboxylic acids is 1. The Morgan fingerprint density at radius 1 is 1.20 bits per heavy atom. The van der Waals surface area contributed by atoms with Crippen molar-refractivity contribution in [2.75, 3.05) is 23.7 Å². The molecule has 4 heteroatoms. The fourth-order valence-electron chi connectivity index (χ4n) is 3.04. The molecule has 1 aliphatic rings. The molecule has 4 nitrogen and oxygen atoms in total. The molecule has 2 rings (SSSR count). The average Bonchev–Trinajstić information content (AvgIpc) is 2.23. The van der Waals surface area contributed by atoms with Crippen LogP contribution in [0.1, 0.15) is 45.0 Å². The number of Topliss-reactive ketones (excluding diaryl/α,β-unsaturated/α-hetero) is 1. The number of nitrogens with two attached hydrogens (primary N) is 1. The highest BCUT2D eigenvalue weighted by atomic mass is 16.5. The maximum atomic E-state index is 11.4. The highest BCUT2D eigenvalue weighted by Gasteiger charge is 2.38. The van der Waals surface area contributed by atoms with Crippen molar-refractivity contribution in [2.24, 2.45) is 0 Å². The van der Waals surface area contributed by atoms with Gasteiger partial charge in [-0.25, -0.2) is 0 Å². The van der Waals surface area contributed by atoms with Crippen LogP contribution in [0.2, 0.25) is 0 Å². The molecule has 0 aromatic heterocycles. The van der Waals surface area contributed by atoms with Crippen molar-refractivity contribution in [1.82, 2.24) is 0 Å². The van der Waals surface area contributed by atoms with Crippen molar-refractivity contribution in [2.45, 2.75) is 45.8 Å². The monoisotopic (exact) mass is 276 g/mol. The topological polar surface area (TPSA) is 55.6 Å². The van der Waals surface area contributed by atoms with Gasteiger partial charge < -0.3 is 15.4 Å². The quantitative estimate of drug-likeness (QED) is 0.666. The van der Waals surface area contributed by atoms with Gasteiger partial charge in [-0.15, -0.1) is 0 Å². The first-order valence-corrected chi connectivity index (χ1v) is 6.95. The number of hydrogen-bond donors (Lipinski definition) is 1. The first-order chi connectivity index (χ1) is 9.10. The van der Waals surface area contributed by atoms with Gasteiger partial charge in [0.2, 0.25) is 0 Å². The second kappa shape index (κ2) is 4.77. The number of ketones is 1. The second-order valence-corrected chi connectivity index (χ2v) is 6.81. The summed E-state index contributed by atoms with van der Waals surface area (Å²) in [6.45, 7) is 11.5. The summed E-state index contributed by atoms with van der Waals surface area (Å²) in [5.41, 5.74) is 7.72. The van der Waals surface area contributed by atoms with E-state index in [1.165, 1.54) is 6.92 Å². The molecular formula is C16H24N2O2. The van der Waals surface area contributed by atoms with E-state index >= 15 is 0 Å². The van der Waals surface area contributed by atoms with Gasteiger partial charge in [0.15, 0.2) is 5.78 Å². The molecule has 0 bridgehead atoms. The molecule has 0 spiro atoms. The minimum Gasteiger partial charge on any atom is -0.398 e. The van der Waals surface area contributed by atoms with E-state index in [1.54, 1.807) is 0 Å². The highest BCUT2D eigenvalue weighted by Crippen LogP contribution is 2.32. The van der Waals surface area contributed by atoms with Crippen molar-refractivity contribution in [3.05, 3.63) is 23.8 Å². The summed E-state index contributed by atoms with van der Waals surface area (Å²) in [4.78, 5) is 13.7. The van der Waals surface area contributed by atoms with Gasteiger partial charge in [-0.2, -0.15) is 0 Å². The van der Waals surface area contributed by atoms with Crippen LogP contribution in [0.25, 0.3) is 0 Å². The minimum atomic E-state index is -0.213. The summed E-state index contributed by atoms with van der Waals surface area (Å²) in [5.74, 6) is -0.00307. The number of ether oxygens (including phenoxy) is 1. The van der Waals surface area contributed by atoms with E-state index in [0.29, 0.717) is 11.3 Å². The number of carbonyl (C=O) groups is 1. The maximum Gasteiger partial charge on any atom is 0.161 e. The van der Waals surface area contributed by atoms with Crippen LogP contribution in [0, 0.1) is 0 Å². The predicted octanol–water partition coefficient (Wildman–Crippen LogP) is 2.87. The molecule has 1 saturated heterocycles. The molecule has 1 aromatic carbocycles. The molecule has 110 valence electrons. The lowest BCUT2D eigenvalue weighted by Gasteiger charge is -2.48. The molecule has 1 aromatic rings. The van der Waals surface area contributed by atoms with Gasteiger partial charge in [0.25, 0.3) is 0 Å². The van der Waals surface area contributed by atoms with E-state index in [9.17, 15) is 4.79 Å². The molecule has 2 N–H and O–H groups in total. The highest BCUT2D eigenvalue weighted by molar-refractivity contribution is 5.99. The van der Waals surface area contributed by atoms with Gasteiger partial charge in [-0.3, -0.25) is 4.79 Å². The van der Waals surface area contributed by atoms with Crippen LogP contribution >= 0.6 is 0 Å². The standard InChI is InChI=1S/C16H24N2O2/c1-11(19)13-7-6-12(8-14(13)17)18-9-15(2,3)20-16(4,5)10-18/h6-8H,9-10,17H2,1-5H3. The number of benzene rings is 1. The maximum absolute atomic E-state index is 11.4. The Morgan fingerprint density at radius 3 is 2.20 bits per heavy atom. The minimum absolute atomic E-state index is 0.00307. The van der Waals surface area contributed by atoms with Gasteiger partial charge in [-0.05, 0) is 52.8 Å². The molecular weight excluding hydrogens is 252 g/mol. The summed E-state index contributed by atoms with van der Waals surface area (Å²) in [7, 11) is 0. The molecule has 1 aliphatic heterocycles. The Balaban J connectivity index is 2.32. The van der Waals surface area contributed by atoms with E-state index in [1.807, 2.05) is 18.2 Å². The number of nitrogens with zero attached hydrogens (tertiary/aromatic N) is 1. The van der Waals surface area contributed by atoms with E-state index < -0.39 is 0 Å². The van der Waals surface area contributed by atoms with Crippen molar-refractivity contribution in [3.8, 4) is 0 Å². The zero-order valence-electron chi connectivity index (χ0n) is 13.0. The molecule has 0 amide bonds. The van der Waals surface area contributed by atoms with Crippen molar-refractivity contribution in [1.29, 1.82) is 0 Å². The third-order valence-electron chi connectivity index (χ3n) is 3.48. The molecule has 0 unspecified atom stereocenters. The van der Waals surface area contributed by atoms with Crippen molar-refractivity contribution >= 4 is 17.2 Å². The number of rotatable bonds is 2. The van der Waals surface area contributed by atoms with Crippen LogP contribution in [0.3, 0.4) is 0 Å². The first-order valence-electron chi connectivity index (χ1n) is 6.95. The van der Waals surface area contributed by atoms with Crippen LogP contribution in [0.5, 0.6) is 0 Å². The predicted molar refractivity (Wildman–Crippen MR) is 82.3 cm³/mol. The zero-order chi connectivity index (χ0) is 15.1. The number of anilines is 2. The second-order valence-electron chi connectivity index (χ2n) is 6.81. The van der Waals surface area contributed by atoms with E-state index in [2.05, 4.69) is 32.6 Å². The first kappa shape index (κ1) is 14.9. The average molecular weight is 276 g/mol. The zero-order valence-corrected chi connectivity index (χ0v) is 13.0. The SMILES string of the molecule is CC(=O)c1ccc(N2CC(C)(C)OC(C)(C)C2)cc1N. The number of morpholine rings is 1. The lowest BCUT2D eigenvalue weighted by molar-refractivity contribution is -0.133. The Bertz CT molecular complexity index is 519. The van der Waals surface area contributed by atoms with Gasteiger partial charge in [0.05, 0.1) is 11.2 Å². The van der Waals surface area contributed by atoms with Crippen molar-refractivity contribution < 1.29 is 9.53 Å². The lowest BCUT2D eigenvalue weighted by Crippen LogP contribution is -2.57. The molecule has 0 aliphatic carbocycles. The van der Waals surface area contributed by atoms with E-state index in [0.717, 1.165) is 18.8 Å². The number of hydrogen-bond acceptors (Lipinski definition) is 4. The van der Waals surface area contributed by atoms with Crippen LogP contribution in [-0.2, 0) is 4.74 Å². The summed E-state index contributed by atoms with van der Waals surface area (Å²) in [6.07, 6.45) is 0. The lowest BCUT2D eigenvalue weighted by atomic mass is 9.98. The molecule has 1 fully saturated rings. The van der Waals surface area contributed by atoms with E-state index in [-0.39, 0.29) is 17.0 Å². The van der Waals surface area contributed by atoms with Crippen LogP contribution in [0.15, 0.2) is 18.2 Å². The number of nitrogen functional groups attached to an aromatic ring is 1. The van der Waals surface area contributed by atoms with Gasteiger partial charge in [0, 0.05) is 30.0 Å². The fourth-order valence-corrected chi connectivity index (χ4v) is 3.04. The molecule has 0 saturated carbocycles. The van der Waals surface area contributed by atoms with Gasteiger partial charge in [0.1, 0.15) is 0 Å². The smallest absolute Gasteiger partial charge is 0.161 e. The van der Waals surface area contributed by atoms with Crippen LogP contribution in [0.4, 0.5) is 11.4 Å². The Labute approximate surface area is 120 Å². The third kappa shape index (κ3) is 3.12. The summed E-state index contributed by atoms with van der Waals surface area (Å²) in [5, 5.41) is 0. The molecule has 20 heavy (non-hydrogen) atoms. The summed E-state index contributed by atoms with van der Waals surface area (Å²) < 4.78 is 6.08. The molecule has 1 heterocycles. The van der Waals surface area contributed by atoms with Crippen LogP contribution < -0.4 is 10.6 Å². The summed E-state index contributed by atoms with van der Waals surface area (Å²) in [6, 6.07) is 5.65. The molecule has 0 atom stereocenters.